The molecule has 1 aromatic carbocycles. The van der Waals surface area contributed by atoms with Crippen molar-refractivity contribution in [2.24, 2.45) is 0 Å². The second-order valence-electron chi connectivity index (χ2n) is 4.54. The molecule has 0 unspecified atom stereocenters. The Kier molecular flexibility index (Phi) is 7.68. The van der Waals surface area contributed by atoms with E-state index in [-0.39, 0.29) is 18.4 Å². The molecule has 0 spiro atoms. The molecule has 2 amide bonds. The lowest BCUT2D eigenvalue weighted by Crippen LogP contribution is -2.38. The second-order valence-corrected chi connectivity index (χ2v) is 4.98. The Morgan fingerprint density at radius 1 is 1.33 bits per heavy atom. The molecule has 21 heavy (non-hydrogen) atoms. The van der Waals surface area contributed by atoms with Crippen LogP contribution in [0.25, 0.3) is 0 Å². The van der Waals surface area contributed by atoms with E-state index in [0.717, 1.165) is 6.42 Å². The molecule has 1 N–H and O–H groups in total. The maximum atomic E-state index is 12.1. The van der Waals surface area contributed by atoms with Crippen LogP contribution in [-0.2, 0) is 9.59 Å². The monoisotopic (exact) mass is 310 g/mol. The molecule has 1 rings (SSSR count). The molecule has 5 nitrogen and oxygen atoms in total. The average Bonchev–Trinajstić information content (AvgIpc) is 2.47. The Labute approximate surface area is 131 Å². The molecular formula is C15H22N2O3S. The molecular weight excluding hydrogens is 288 g/mol. The number of hydrogen-bond acceptors (Lipinski definition) is 4. The van der Waals surface area contributed by atoms with Crippen LogP contribution in [0.4, 0.5) is 5.69 Å². The van der Waals surface area contributed by atoms with Crippen LogP contribution in [0.3, 0.4) is 0 Å². The van der Waals surface area contributed by atoms with E-state index in [1.165, 1.54) is 0 Å². The fraction of sp³-hybridized carbons (Fsp3) is 0.467. The van der Waals surface area contributed by atoms with Crippen LogP contribution in [0.2, 0.25) is 0 Å². The van der Waals surface area contributed by atoms with Gasteiger partial charge in [-0.1, -0.05) is 19.1 Å². The van der Waals surface area contributed by atoms with E-state index in [1.54, 1.807) is 24.1 Å². The summed E-state index contributed by atoms with van der Waals surface area (Å²) in [5.41, 5.74) is 0.600. The van der Waals surface area contributed by atoms with Crippen molar-refractivity contribution in [1.82, 2.24) is 4.90 Å². The van der Waals surface area contributed by atoms with E-state index >= 15 is 0 Å². The standard InChI is InChI=1S/C15H22N2O3S/c1-3-9-17(15(19)8-10-21)11-14(18)16-12-6-4-5-7-13(12)20-2/h4-7,21H,3,8-11H2,1-2H3,(H,16,18). The van der Waals surface area contributed by atoms with Gasteiger partial charge in [0.1, 0.15) is 5.75 Å². The van der Waals surface area contributed by atoms with Crippen LogP contribution in [0.15, 0.2) is 24.3 Å². The summed E-state index contributed by atoms with van der Waals surface area (Å²) < 4.78 is 5.18. The molecule has 0 saturated carbocycles. The number of nitrogens with zero attached hydrogens (tertiary/aromatic N) is 1. The first-order valence-electron chi connectivity index (χ1n) is 6.93. The third-order valence-electron chi connectivity index (χ3n) is 2.89. The normalized spacial score (nSPS) is 10.0. The van der Waals surface area contributed by atoms with Gasteiger partial charge in [0, 0.05) is 13.0 Å². The molecule has 1 aromatic rings. The average molecular weight is 310 g/mol. The molecule has 0 bridgehead atoms. The Hall–Kier alpha value is -1.69. The number of thiol groups is 1. The van der Waals surface area contributed by atoms with E-state index < -0.39 is 0 Å². The van der Waals surface area contributed by atoms with Crippen molar-refractivity contribution in [2.45, 2.75) is 19.8 Å². The molecule has 0 heterocycles. The number of carbonyl (C=O) groups excluding carboxylic acids is 2. The summed E-state index contributed by atoms with van der Waals surface area (Å²) in [6.45, 7) is 2.57. The van der Waals surface area contributed by atoms with Gasteiger partial charge in [0.15, 0.2) is 0 Å². The number of hydrogen-bond donors (Lipinski definition) is 2. The molecule has 0 aliphatic rings. The van der Waals surface area contributed by atoms with Gasteiger partial charge in [-0.25, -0.2) is 0 Å². The van der Waals surface area contributed by atoms with E-state index in [2.05, 4.69) is 17.9 Å². The minimum absolute atomic E-state index is 0.0402. The number of amides is 2. The number of benzene rings is 1. The minimum Gasteiger partial charge on any atom is -0.495 e. The molecule has 0 fully saturated rings. The summed E-state index contributed by atoms with van der Waals surface area (Å²) in [4.78, 5) is 25.6. The maximum Gasteiger partial charge on any atom is 0.244 e. The molecule has 0 aliphatic heterocycles. The molecule has 0 saturated heterocycles. The number of rotatable bonds is 8. The lowest BCUT2D eigenvalue weighted by molar-refractivity contribution is -0.134. The van der Waals surface area contributed by atoms with E-state index in [0.29, 0.717) is 30.2 Å². The molecule has 116 valence electrons. The van der Waals surface area contributed by atoms with Gasteiger partial charge in [0.05, 0.1) is 19.3 Å². The fourth-order valence-corrected chi connectivity index (χ4v) is 2.12. The summed E-state index contributed by atoms with van der Waals surface area (Å²) in [5, 5.41) is 2.77. The van der Waals surface area contributed by atoms with Crippen LogP contribution in [0, 0.1) is 0 Å². The summed E-state index contributed by atoms with van der Waals surface area (Å²) in [5.74, 6) is 0.782. The summed E-state index contributed by atoms with van der Waals surface area (Å²) in [6.07, 6.45) is 1.14. The summed E-state index contributed by atoms with van der Waals surface area (Å²) in [6, 6.07) is 7.17. The zero-order chi connectivity index (χ0) is 15.7. The van der Waals surface area contributed by atoms with Crippen LogP contribution < -0.4 is 10.1 Å². The maximum absolute atomic E-state index is 12.1. The highest BCUT2D eigenvalue weighted by molar-refractivity contribution is 7.80. The van der Waals surface area contributed by atoms with E-state index in [1.807, 2.05) is 19.1 Å². The quantitative estimate of drug-likeness (QED) is 0.724. The van der Waals surface area contributed by atoms with Crippen LogP contribution in [0.5, 0.6) is 5.75 Å². The largest absolute Gasteiger partial charge is 0.495 e. The SMILES string of the molecule is CCCN(CC(=O)Nc1ccccc1OC)C(=O)CCS. The van der Waals surface area contributed by atoms with Gasteiger partial charge in [0.25, 0.3) is 0 Å². The van der Waals surface area contributed by atoms with Crippen molar-refractivity contribution in [1.29, 1.82) is 0 Å². The van der Waals surface area contributed by atoms with Gasteiger partial charge in [-0.05, 0) is 24.3 Å². The third kappa shape index (κ3) is 5.67. The lowest BCUT2D eigenvalue weighted by Gasteiger charge is -2.21. The first-order chi connectivity index (χ1) is 10.1. The first kappa shape index (κ1) is 17.4. The Balaban J connectivity index is 2.67. The Morgan fingerprint density at radius 2 is 2.05 bits per heavy atom. The van der Waals surface area contributed by atoms with Gasteiger partial charge in [0.2, 0.25) is 11.8 Å². The molecule has 0 radical (unpaired) electrons. The number of methoxy groups -OCH3 is 1. The zero-order valence-corrected chi connectivity index (χ0v) is 13.4. The van der Waals surface area contributed by atoms with Crippen molar-refractivity contribution in [2.75, 3.05) is 31.3 Å². The lowest BCUT2D eigenvalue weighted by atomic mass is 10.3. The van der Waals surface area contributed by atoms with Gasteiger partial charge in [-0.3, -0.25) is 9.59 Å². The number of carbonyl (C=O) groups is 2. The van der Waals surface area contributed by atoms with Crippen molar-refractivity contribution in [3.63, 3.8) is 0 Å². The predicted octanol–water partition coefficient (Wildman–Crippen LogP) is 2.19. The minimum atomic E-state index is -0.236. The van der Waals surface area contributed by atoms with Crippen molar-refractivity contribution in [3.8, 4) is 5.75 Å². The number of anilines is 1. The number of nitrogens with one attached hydrogen (secondary N) is 1. The van der Waals surface area contributed by atoms with Crippen molar-refractivity contribution in [3.05, 3.63) is 24.3 Å². The highest BCUT2D eigenvalue weighted by Gasteiger charge is 2.16. The predicted molar refractivity (Wildman–Crippen MR) is 87.0 cm³/mol. The van der Waals surface area contributed by atoms with E-state index in [4.69, 9.17) is 4.74 Å². The van der Waals surface area contributed by atoms with E-state index in [9.17, 15) is 9.59 Å². The van der Waals surface area contributed by atoms with Crippen molar-refractivity contribution < 1.29 is 14.3 Å². The smallest absolute Gasteiger partial charge is 0.244 e. The van der Waals surface area contributed by atoms with Gasteiger partial charge in [-0.15, -0.1) is 0 Å². The third-order valence-corrected chi connectivity index (χ3v) is 3.11. The molecule has 0 aromatic heterocycles. The first-order valence-corrected chi connectivity index (χ1v) is 7.57. The highest BCUT2D eigenvalue weighted by Crippen LogP contribution is 2.22. The van der Waals surface area contributed by atoms with Gasteiger partial charge < -0.3 is 15.0 Å². The fourth-order valence-electron chi connectivity index (χ4n) is 1.93. The van der Waals surface area contributed by atoms with Crippen molar-refractivity contribution >= 4 is 30.1 Å². The number of para-hydroxylation sites is 2. The summed E-state index contributed by atoms with van der Waals surface area (Å²) >= 11 is 4.05. The zero-order valence-electron chi connectivity index (χ0n) is 12.5. The molecule has 6 heteroatoms. The number of ether oxygens (including phenoxy) is 1. The Bertz CT molecular complexity index is 480. The van der Waals surface area contributed by atoms with Gasteiger partial charge >= 0.3 is 0 Å². The van der Waals surface area contributed by atoms with Crippen LogP contribution >= 0.6 is 12.6 Å². The Morgan fingerprint density at radius 3 is 2.67 bits per heavy atom. The molecule has 0 atom stereocenters. The van der Waals surface area contributed by atoms with Crippen LogP contribution in [0.1, 0.15) is 19.8 Å². The summed E-state index contributed by atoms with van der Waals surface area (Å²) in [7, 11) is 1.55. The van der Waals surface area contributed by atoms with Crippen LogP contribution in [-0.4, -0.2) is 42.7 Å². The highest BCUT2D eigenvalue weighted by atomic mass is 32.1. The molecule has 0 aliphatic carbocycles. The van der Waals surface area contributed by atoms with Gasteiger partial charge in [-0.2, -0.15) is 12.6 Å². The topological polar surface area (TPSA) is 58.6 Å². The second kappa shape index (κ2) is 9.28.